The first-order valence-electron chi connectivity index (χ1n) is 5.54. The van der Waals surface area contributed by atoms with E-state index in [-0.39, 0.29) is 12.5 Å². The van der Waals surface area contributed by atoms with Crippen molar-refractivity contribution in [2.75, 3.05) is 20.3 Å². The van der Waals surface area contributed by atoms with Crippen molar-refractivity contribution in [2.45, 2.75) is 6.54 Å². The average Bonchev–Trinajstić information content (AvgIpc) is 2.37. The Balaban J connectivity index is 2.70. The minimum atomic E-state index is -0.170. The molecule has 0 saturated heterocycles. The number of rotatable bonds is 5. The van der Waals surface area contributed by atoms with Crippen LogP contribution in [0.15, 0.2) is 18.3 Å². The molecule has 0 atom stereocenters. The SMILES string of the molecule is COCCNC(=S)N(Cc1ncccc1Cl)C(=N)N. The molecular formula is C11H16ClN5OS. The van der Waals surface area contributed by atoms with E-state index in [4.69, 9.17) is 39.7 Å². The van der Waals surface area contributed by atoms with Crippen molar-refractivity contribution in [2.24, 2.45) is 5.73 Å². The molecule has 0 radical (unpaired) electrons. The number of hydrogen-bond donors (Lipinski definition) is 3. The van der Waals surface area contributed by atoms with Gasteiger partial charge in [-0.15, -0.1) is 0 Å². The van der Waals surface area contributed by atoms with E-state index in [1.54, 1.807) is 25.4 Å². The van der Waals surface area contributed by atoms with Crippen molar-refractivity contribution in [3.63, 3.8) is 0 Å². The number of ether oxygens (including phenoxy) is 1. The van der Waals surface area contributed by atoms with Crippen molar-refractivity contribution in [3.8, 4) is 0 Å². The van der Waals surface area contributed by atoms with Gasteiger partial charge in [0.15, 0.2) is 11.1 Å². The highest BCUT2D eigenvalue weighted by Gasteiger charge is 2.15. The number of nitrogens with zero attached hydrogens (tertiary/aromatic N) is 2. The topological polar surface area (TPSA) is 87.3 Å². The van der Waals surface area contributed by atoms with Gasteiger partial charge in [-0.25, -0.2) is 0 Å². The van der Waals surface area contributed by atoms with E-state index in [2.05, 4.69) is 10.3 Å². The van der Waals surface area contributed by atoms with Gasteiger partial charge in [-0.2, -0.15) is 0 Å². The summed E-state index contributed by atoms with van der Waals surface area (Å²) in [5, 5.41) is 11.3. The molecule has 0 unspecified atom stereocenters. The van der Waals surface area contributed by atoms with Crippen LogP contribution in [-0.4, -0.2) is 41.2 Å². The zero-order chi connectivity index (χ0) is 14.3. The summed E-state index contributed by atoms with van der Waals surface area (Å²) in [5.74, 6) is -0.170. The molecule has 0 amide bonds. The highest BCUT2D eigenvalue weighted by molar-refractivity contribution is 7.80. The first-order valence-corrected chi connectivity index (χ1v) is 6.32. The van der Waals surface area contributed by atoms with Gasteiger partial charge in [0.05, 0.1) is 23.9 Å². The molecule has 0 bridgehead atoms. The van der Waals surface area contributed by atoms with Crippen molar-refractivity contribution in [1.29, 1.82) is 5.41 Å². The number of halogens is 1. The lowest BCUT2D eigenvalue weighted by Gasteiger charge is -2.23. The fourth-order valence-corrected chi connectivity index (χ4v) is 1.75. The zero-order valence-electron chi connectivity index (χ0n) is 10.5. The minimum Gasteiger partial charge on any atom is -0.383 e. The van der Waals surface area contributed by atoms with Gasteiger partial charge >= 0.3 is 0 Å². The molecule has 1 aromatic heterocycles. The Kier molecular flexibility index (Phi) is 6.48. The molecule has 0 aliphatic rings. The van der Waals surface area contributed by atoms with Crippen LogP contribution in [0.4, 0.5) is 0 Å². The summed E-state index contributed by atoms with van der Waals surface area (Å²) in [6.45, 7) is 1.29. The number of thiocarbonyl (C=S) groups is 1. The summed E-state index contributed by atoms with van der Waals surface area (Å²) in [7, 11) is 1.60. The molecule has 19 heavy (non-hydrogen) atoms. The minimum absolute atomic E-state index is 0.170. The zero-order valence-corrected chi connectivity index (χ0v) is 12.1. The van der Waals surface area contributed by atoms with Gasteiger partial charge in [0.1, 0.15) is 0 Å². The van der Waals surface area contributed by atoms with Crippen molar-refractivity contribution in [1.82, 2.24) is 15.2 Å². The summed E-state index contributed by atoms with van der Waals surface area (Å²) in [4.78, 5) is 5.56. The number of hydrogen-bond acceptors (Lipinski definition) is 4. The molecule has 1 aromatic rings. The molecule has 0 fully saturated rings. The molecule has 1 rings (SSSR count). The van der Waals surface area contributed by atoms with Crippen LogP contribution in [-0.2, 0) is 11.3 Å². The summed E-state index contributed by atoms with van der Waals surface area (Å²) >= 11 is 11.2. The average molecular weight is 302 g/mol. The summed E-state index contributed by atoms with van der Waals surface area (Å²) in [5.41, 5.74) is 6.13. The molecule has 0 aromatic carbocycles. The van der Waals surface area contributed by atoms with Crippen molar-refractivity contribution >= 4 is 34.9 Å². The molecule has 104 valence electrons. The maximum Gasteiger partial charge on any atom is 0.195 e. The molecule has 1 heterocycles. The lowest BCUT2D eigenvalue weighted by molar-refractivity contribution is 0.203. The smallest absolute Gasteiger partial charge is 0.195 e. The molecule has 6 nitrogen and oxygen atoms in total. The standard InChI is InChI=1S/C11H16ClN5OS/c1-18-6-5-16-11(19)17(10(13)14)7-9-8(12)3-2-4-15-9/h2-4H,5-7H2,1H3,(H3,13,14)(H,16,19). The second-order valence-corrected chi connectivity index (χ2v) is 4.42. The van der Waals surface area contributed by atoms with Crippen LogP contribution in [0, 0.1) is 5.41 Å². The van der Waals surface area contributed by atoms with Gasteiger partial charge in [0.2, 0.25) is 0 Å². The van der Waals surface area contributed by atoms with E-state index in [1.165, 1.54) is 4.90 Å². The van der Waals surface area contributed by atoms with E-state index in [9.17, 15) is 0 Å². The van der Waals surface area contributed by atoms with Crippen LogP contribution in [0.3, 0.4) is 0 Å². The predicted octanol–water partition coefficient (Wildman–Crippen LogP) is 0.951. The maximum absolute atomic E-state index is 7.56. The Morgan fingerprint density at radius 2 is 2.42 bits per heavy atom. The first kappa shape index (κ1) is 15.6. The van der Waals surface area contributed by atoms with Crippen LogP contribution in [0.2, 0.25) is 5.02 Å². The molecule has 0 saturated carbocycles. The number of methoxy groups -OCH3 is 1. The van der Waals surface area contributed by atoms with Gasteiger partial charge in [0.25, 0.3) is 0 Å². The Bertz CT molecular complexity index is 456. The number of nitrogens with one attached hydrogen (secondary N) is 2. The molecule has 0 aliphatic carbocycles. The third kappa shape index (κ3) is 4.98. The van der Waals surface area contributed by atoms with Gasteiger partial charge < -0.3 is 15.8 Å². The second-order valence-electron chi connectivity index (χ2n) is 3.63. The maximum atomic E-state index is 7.56. The molecule has 8 heteroatoms. The molecular weight excluding hydrogens is 286 g/mol. The normalized spacial score (nSPS) is 10.0. The monoisotopic (exact) mass is 301 g/mol. The Labute approximate surface area is 122 Å². The van der Waals surface area contributed by atoms with Gasteiger partial charge in [-0.1, -0.05) is 11.6 Å². The molecule has 0 spiro atoms. The van der Waals surface area contributed by atoms with Crippen LogP contribution in [0.25, 0.3) is 0 Å². The Morgan fingerprint density at radius 3 is 3.00 bits per heavy atom. The predicted molar refractivity (Wildman–Crippen MR) is 79.2 cm³/mol. The lowest BCUT2D eigenvalue weighted by atomic mass is 10.3. The second kappa shape index (κ2) is 7.88. The Morgan fingerprint density at radius 1 is 1.68 bits per heavy atom. The van der Waals surface area contributed by atoms with Crippen LogP contribution >= 0.6 is 23.8 Å². The van der Waals surface area contributed by atoms with Crippen molar-refractivity contribution < 1.29 is 4.74 Å². The van der Waals surface area contributed by atoms with E-state index in [1.807, 2.05) is 0 Å². The van der Waals surface area contributed by atoms with E-state index >= 15 is 0 Å². The molecule has 0 aliphatic heterocycles. The number of guanidine groups is 1. The van der Waals surface area contributed by atoms with Gasteiger partial charge in [-0.3, -0.25) is 15.3 Å². The quantitative estimate of drug-likeness (QED) is 0.325. The van der Waals surface area contributed by atoms with E-state index < -0.39 is 0 Å². The van der Waals surface area contributed by atoms with Crippen molar-refractivity contribution in [3.05, 3.63) is 29.0 Å². The lowest BCUT2D eigenvalue weighted by Crippen LogP contribution is -2.47. The highest BCUT2D eigenvalue weighted by atomic mass is 35.5. The Hall–Kier alpha value is -1.44. The highest BCUT2D eigenvalue weighted by Crippen LogP contribution is 2.14. The van der Waals surface area contributed by atoms with E-state index in [0.29, 0.717) is 29.0 Å². The van der Waals surface area contributed by atoms with Crippen LogP contribution < -0.4 is 11.1 Å². The fourth-order valence-electron chi connectivity index (χ4n) is 1.31. The van der Waals surface area contributed by atoms with Gasteiger partial charge in [-0.05, 0) is 24.4 Å². The largest absolute Gasteiger partial charge is 0.383 e. The van der Waals surface area contributed by atoms with E-state index in [0.717, 1.165) is 0 Å². The summed E-state index contributed by atoms with van der Waals surface area (Å²) < 4.78 is 4.91. The molecule has 4 N–H and O–H groups in total. The first-order chi connectivity index (χ1) is 9.06. The third-order valence-electron chi connectivity index (χ3n) is 2.26. The van der Waals surface area contributed by atoms with Crippen LogP contribution in [0.5, 0.6) is 0 Å². The van der Waals surface area contributed by atoms with Crippen LogP contribution in [0.1, 0.15) is 5.69 Å². The van der Waals surface area contributed by atoms with Gasteiger partial charge in [0, 0.05) is 19.9 Å². The fraction of sp³-hybridized carbons (Fsp3) is 0.364. The summed E-state index contributed by atoms with van der Waals surface area (Å²) in [6.07, 6.45) is 1.63. The third-order valence-corrected chi connectivity index (χ3v) is 2.97. The summed E-state index contributed by atoms with van der Waals surface area (Å²) in [6, 6.07) is 3.46. The number of nitrogens with two attached hydrogens (primary N) is 1. The number of aromatic nitrogens is 1. The number of pyridine rings is 1.